The summed E-state index contributed by atoms with van der Waals surface area (Å²) < 4.78 is 10.9. The number of nitrogens with zero attached hydrogens (tertiary/aromatic N) is 2. The predicted octanol–water partition coefficient (Wildman–Crippen LogP) is 4.23. The van der Waals surface area contributed by atoms with Gasteiger partial charge in [-0.1, -0.05) is 13.3 Å². The number of piperidine rings is 1. The minimum absolute atomic E-state index is 0.194. The van der Waals surface area contributed by atoms with Crippen LogP contribution in [0.1, 0.15) is 87.5 Å². The van der Waals surface area contributed by atoms with Gasteiger partial charge in [0.25, 0.3) is 0 Å². The summed E-state index contributed by atoms with van der Waals surface area (Å²) in [6.45, 7) is 15.6. The van der Waals surface area contributed by atoms with Crippen molar-refractivity contribution in [2.75, 3.05) is 13.1 Å². The Morgan fingerprint density at radius 2 is 1.37 bits per heavy atom. The van der Waals surface area contributed by atoms with Crippen molar-refractivity contribution >= 4 is 18.1 Å². The van der Waals surface area contributed by atoms with E-state index in [-0.39, 0.29) is 11.3 Å². The summed E-state index contributed by atoms with van der Waals surface area (Å²) in [4.78, 5) is 40.1. The summed E-state index contributed by atoms with van der Waals surface area (Å²) in [7, 11) is 0. The van der Waals surface area contributed by atoms with E-state index in [0.717, 1.165) is 19.3 Å². The highest BCUT2D eigenvalue weighted by molar-refractivity contribution is 5.83. The van der Waals surface area contributed by atoms with Gasteiger partial charge in [-0.25, -0.2) is 20.0 Å². The molecule has 1 aliphatic heterocycles. The molecular formula is C22H39N3O5. The van der Waals surface area contributed by atoms with Crippen LogP contribution in [-0.2, 0) is 14.3 Å². The largest absolute Gasteiger partial charge is 0.443 e. The van der Waals surface area contributed by atoms with E-state index >= 15 is 0 Å². The van der Waals surface area contributed by atoms with Gasteiger partial charge in [-0.15, -0.1) is 0 Å². The van der Waals surface area contributed by atoms with Crippen LogP contribution >= 0.6 is 0 Å². The number of hydrogen-bond acceptors (Lipinski definition) is 5. The van der Waals surface area contributed by atoms with Crippen molar-refractivity contribution in [3.8, 4) is 0 Å². The molecule has 1 heterocycles. The second-order valence-corrected chi connectivity index (χ2v) is 11.1. The molecule has 30 heavy (non-hydrogen) atoms. The molecule has 2 rings (SSSR count). The molecule has 0 aromatic carbocycles. The van der Waals surface area contributed by atoms with E-state index < -0.39 is 28.9 Å². The Morgan fingerprint density at radius 3 is 1.77 bits per heavy atom. The first-order valence-corrected chi connectivity index (χ1v) is 10.9. The molecule has 0 radical (unpaired) electrons. The summed E-state index contributed by atoms with van der Waals surface area (Å²) in [6, 6.07) is 0. The number of amides is 3. The average molecular weight is 426 g/mol. The van der Waals surface area contributed by atoms with Crippen LogP contribution in [0.2, 0.25) is 0 Å². The number of hydrogen-bond donors (Lipinski definition) is 1. The van der Waals surface area contributed by atoms with Gasteiger partial charge in [0.1, 0.15) is 11.2 Å². The number of carbonyl (C=O) groups is 3. The molecule has 1 saturated carbocycles. The quantitative estimate of drug-likeness (QED) is 0.669. The van der Waals surface area contributed by atoms with Crippen molar-refractivity contribution in [3.05, 3.63) is 0 Å². The van der Waals surface area contributed by atoms with Crippen LogP contribution in [-0.4, -0.2) is 57.8 Å². The standard InChI is InChI=1S/C22H39N3O5/c1-19(2,3)29-17(27)23-25(18(28)30-20(4,5)6)22(8)12-14-24(15-13-22)16(26)21(7)10-9-11-21/h9-15H2,1-8H3,(H,23,27). The van der Waals surface area contributed by atoms with E-state index in [2.05, 4.69) is 5.43 Å². The van der Waals surface area contributed by atoms with Gasteiger partial charge in [-0.2, -0.15) is 0 Å². The second-order valence-electron chi connectivity index (χ2n) is 11.1. The maximum absolute atomic E-state index is 12.9. The number of hydrazine groups is 1. The van der Waals surface area contributed by atoms with Crippen LogP contribution in [0.4, 0.5) is 9.59 Å². The van der Waals surface area contributed by atoms with Crippen molar-refractivity contribution in [2.24, 2.45) is 5.41 Å². The molecule has 0 atom stereocenters. The zero-order chi connectivity index (χ0) is 23.0. The van der Waals surface area contributed by atoms with E-state index in [4.69, 9.17) is 9.47 Å². The van der Waals surface area contributed by atoms with Gasteiger partial charge in [-0.05, 0) is 74.1 Å². The molecule has 2 aliphatic rings. The average Bonchev–Trinajstić information content (AvgIpc) is 2.54. The van der Waals surface area contributed by atoms with Gasteiger partial charge in [-0.3, -0.25) is 4.79 Å². The van der Waals surface area contributed by atoms with E-state index in [1.807, 2.05) is 18.7 Å². The molecule has 2 fully saturated rings. The number of ether oxygens (including phenoxy) is 2. The van der Waals surface area contributed by atoms with Gasteiger partial charge in [0, 0.05) is 18.5 Å². The van der Waals surface area contributed by atoms with Gasteiger partial charge >= 0.3 is 12.2 Å². The first-order chi connectivity index (χ1) is 13.5. The summed E-state index contributed by atoms with van der Waals surface area (Å²) in [5.74, 6) is 0.194. The van der Waals surface area contributed by atoms with Crippen molar-refractivity contribution < 1.29 is 23.9 Å². The third-order valence-corrected chi connectivity index (χ3v) is 5.82. The summed E-state index contributed by atoms with van der Waals surface area (Å²) in [5.41, 5.74) is 0.249. The van der Waals surface area contributed by atoms with E-state index in [1.165, 1.54) is 5.01 Å². The topological polar surface area (TPSA) is 88.2 Å². The van der Waals surface area contributed by atoms with E-state index in [1.54, 1.807) is 41.5 Å². The first kappa shape index (κ1) is 24.3. The third kappa shape index (κ3) is 6.01. The Balaban J connectivity index is 2.13. The molecule has 0 aromatic heterocycles. The Kier molecular flexibility index (Phi) is 6.69. The Hall–Kier alpha value is -1.99. The number of likely N-dealkylation sites (tertiary alicyclic amines) is 1. The lowest BCUT2D eigenvalue weighted by Gasteiger charge is -2.48. The Labute approximate surface area is 180 Å². The second kappa shape index (κ2) is 8.27. The van der Waals surface area contributed by atoms with Crippen molar-refractivity contribution in [2.45, 2.75) is 104 Å². The maximum atomic E-state index is 12.9. The number of rotatable bonds is 2. The fourth-order valence-corrected chi connectivity index (χ4v) is 3.82. The number of nitrogens with one attached hydrogen (secondary N) is 1. The van der Waals surface area contributed by atoms with Gasteiger partial charge in [0.15, 0.2) is 0 Å². The van der Waals surface area contributed by atoms with Crippen molar-refractivity contribution in [3.63, 3.8) is 0 Å². The van der Waals surface area contributed by atoms with E-state index in [0.29, 0.717) is 25.9 Å². The van der Waals surface area contributed by atoms with Crippen LogP contribution in [0, 0.1) is 5.41 Å². The lowest BCUT2D eigenvalue weighted by atomic mass is 9.69. The molecule has 0 aromatic rings. The SMILES string of the molecule is CC(C)(C)OC(=O)NN(C(=O)OC(C)(C)C)C1(C)CCN(C(=O)C2(C)CCC2)CC1. The molecule has 8 heteroatoms. The third-order valence-electron chi connectivity index (χ3n) is 5.82. The van der Waals surface area contributed by atoms with Crippen LogP contribution in [0.5, 0.6) is 0 Å². The lowest BCUT2D eigenvalue weighted by Crippen LogP contribution is -2.64. The zero-order valence-electron chi connectivity index (χ0n) is 19.9. The molecule has 1 saturated heterocycles. The first-order valence-electron chi connectivity index (χ1n) is 10.9. The van der Waals surface area contributed by atoms with E-state index in [9.17, 15) is 14.4 Å². The molecular weight excluding hydrogens is 386 g/mol. The predicted molar refractivity (Wildman–Crippen MR) is 114 cm³/mol. The molecule has 172 valence electrons. The van der Waals surface area contributed by atoms with Crippen LogP contribution in [0.15, 0.2) is 0 Å². The molecule has 0 unspecified atom stereocenters. The van der Waals surface area contributed by atoms with Crippen LogP contribution < -0.4 is 5.43 Å². The highest BCUT2D eigenvalue weighted by atomic mass is 16.6. The molecule has 1 N–H and O–H groups in total. The summed E-state index contributed by atoms with van der Waals surface area (Å²) in [6.07, 6.45) is 2.68. The smallest absolute Gasteiger partial charge is 0.429 e. The molecule has 0 bridgehead atoms. The Bertz CT molecular complexity index is 665. The fourth-order valence-electron chi connectivity index (χ4n) is 3.82. The Morgan fingerprint density at radius 1 is 0.867 bits per heavy atom. The van der Waals surface area contributed by atoms with Gasteiger partial charge in [0.2, 0.25) is 5.91 Å². The highest BCUT2D eigenvalue weighted by Crippen LogP contribution is 2.43. The summed E-state index contributed by atoms with van der Waals surface area (Å²) >= 11 is 0. The molecule has 1 aliphatic carbocycles. The van der Waals surface area contributed by atoms with Crippen LogP contribution in [0.25, 0.3) is 0 Å². The zero-order valence-corrected chi connectivity index (χ0v) is 19.9. The maximum Gasteiger partial charge on any atom is 0.429 e. The lowest BCUT2D eigenvalue weighted by molar-refractivity contribution is -0.149. The monoisotopic (exact) mass is 425 g/mol. The molecule has 3 amide bonds. The highest BCUT2D eigenvalue weighted by Gasteiger charge is 2.47. The van der Waals surface area contributed by atoms with Crippen LogP contribution in [0.3, 0.4) is 0 Å². The minimum Gasteiger partial charge on any atom is -0.443 e. The van der Waals surface area contributed by atoms with Crippen molar-refractivity contribution in [1.29, 1.82) is 0 Å². The van der Waals surface area contributed by atoms with Gasteiger partial charge in [0.05, 0.1) is 5.54 Å². The normalized spacial score (nSPS) is 20.6. The fraction of sp³-hybridized carbons (Fsp3) is 0.864. The molecule has 8 nitrogen and oxygen atoms in total. The molecule has 0 spiro atoms. The van der Waals surface area contributed by atoms with Gasteiger partial charge < -0.3 is 14.4 Å². The summed E-state index contributed by atoms with van der Waals surface area (Å²) in [5, 5.41) is 1.25. The number of carbonyl (C=O) groups excluding carboxylic acids is 3. The minimum atomic E-state index is -0.713. The van der Waals surface area contributed by atoms with Crippen molar-refractivity contribution in [1.82, 2.24) is 15.3 Å².